The fraction of sp³-hybridized carbons (Fsp3) is 0.760. The van der Waals surface area contributed by atoms with E-state index >= 15 is 0 Å². The smallest absolute Gasteiger partial charge is 0.316 e. The van der Waals surface area contributed by atoms with Crippen molar-refractivity contribution in [1.29, 1.82) is 0 Å². The monoisotopic (exact) mass is 505 g/mol. The van der Waals surface area contributed by atoms with Crippen molar-refractivity contribution in [3.63, 3.8) is 0 Å². The summed E-state index contributed by atoms with van der Waals surface area (Å²) in [4.78, 5) is 76.6. The van der Waals surface area contributed by atoms with Gasteiger partial charge in [-0.1, -0.05) is 27.2 Å². The van der Waals surface area contributed by atoms with Crippen LogP contribution in [0, 0.1) is 17.3 Å². The van der Waals surface area contributed by atoms with Gasteiger partial charge in [-0.25, -0.2) is 4.79 Å². The fourth-order valence-electron chi connectivity index (χ4n) is 4.84. The van der Waals surface area contributed by atoms with Crippen molar-refractivity contribution >= 4 is 35.3 Å². The molecule has 4 atom stereocenters. The van der Waals surface area contributed by atoms with Crippen molar-refractivity contribution in [2.24, 2.45) is 23.0 Å². The molecule has 2 aliphatic carbocycles. The summed E-state index contributed by atoms with van der Waals surface area (Å²) >= 11 is 0. The lowest BCUT2D eigenvalue weighted by Gasteiger charge is -2.37. The Kier molecular flexibility index (Phi) is 8.40. The fourth-order valence-corrected chi connectivity index (χ4v) is 4.84. The number of carbonyl (C=O) groups is 6. The van der Waals surface area contributed by atoms with Crippen molar-refractivity contribution in [3.8, 4) is 0 Å². The number of hydrogen-bond donors (Lipinski definition) is 4. The molecular weight excluding hydrogens is 466 g/mol. The van der Waals surface area contributed by atoms with Gasteiger partial charge in [-0.3, -0.25) is 24.0 Å². The Morgan fingerprint density at radius 2 is 1.53 bits per heavy atom. The maximum absolute atomic E-state index is 13.6. The molecule has 3 aliphatic rings. The van der Waals surface area contributed by atoms with Crippen molar-refractivity contribution in [2.75, 3.05) is 6.54 Å². The van der Waals surface area contributed by atoms with Crippen molar-refractivity contribution in [3.05, 3.63) is 0 Å². The maximum Gasteiger partial charge on any atom is 0.316 e. The molecule has 36 heavy (non-hydrogen) atoms. The van der Waals surface area contributed by atoms with Gasteiger partial charge in [0.15, 0.2) is 5.78 Å². The van der Waals surface area contributed by atoms with E-state index in [1.54, 1.807) is 0 Å². The van der Waals surface area contributed by atoms with E-state index in [4.69, 9.17) is 5.73 Å². The number of rotatable bonds is 10. The number of nitrogens with one attached hydrogen (secondary N) is 3. The van der Waals surface area contributed by atoms with Gasteiger partial charge < -0.3 is 26.6 Å². The first kappa shape index (κ1) is 27.6. The maximum atomic E-state index is 13.6. The first-order chi connectivity index (χ1) is 16.8. The molecule has 2 saturated carbocycles. The highest BCUT2D eigenvalue weighted by Gasteiger charge is 2.44. The summed E-state index contributed by atoms with van der Waals surface area (Å²) in [6.45, 7) is 7.11. The average Bonchev–Trinajstić information content (AvgIpc) is 3.49. The summed E-state index contributed by atoms with van der Waals surface area (Å²) in [5, 5.41) is 8.08. The van der Waals surface area contributed by atoms with Crippen LogP contribution in [-0.4, -0.2) is 70.9 Å². The standard InChI is InChI=1S/C25H39N5O6/c1-13(18(31)21(26)33)27-22(34)16-9-6-12-30(16)23(35)20(25(2,3)4)29-24(36)28-17(14-7-5-8-14)19(32)15-10-11-15/h13-17,20H,5-12H2,1-4H3,(H2,26,33)(H,27,34)(H2,28,29,36)/t13?,16-,17?,20?/m0/s1. The zero-order valence-electron chi connectivity index (χ0n) is 21.6. The third kappa shape index (κ3) is 6.41. The van der Waals surface area contributed by atoms with E-state index in [1.807, 2.05) is 20.8 Å². The number of nitrogens with zero attached hydrogens (tertiary/aromatic N) is 1. The van der Waals surface area contributed by atoms with E-state index in [0.29, 0.717) is 19.4 Å². The third-order valence-corrected chi connectivity index (χ3v) is 7.42. The molecule has 0 bridgehead atoms. The van der Waals surface area contributed by atoms with Crippen LogP contribution in [0.15, 0.2) is 0 Å². The summed E-state index contributed by atoms with van der Waals surface area (Å²) in [5.74, 6) is -2.83. The Morgan fingerprint density at radius 1 is 0.889 bits per heavy atom. The van der Waals surface area contributed by atoms with E-state index in [9.17, 15) is 28.8 Å². The number of hydrogen-bond acceptors (Lipinski definition) is 6. The van der Waals surface area contributed by atoms with Crippen LogP contribution < -0.4 is 21.7 Å². The zero-order valence-corrected chi connectivity index (χ0v) is 21.6. The van der Waals surface area contributed by atoms with Crippen LogP contribution in [0.5, 0.6) is 0 Å². The lowest BCUT2D eigenvalue weighted by atomic mass is 9.77. The molecule has 3 rings (SSSR count). The Hall–Kier alpha value is -2.98. The number of amides is 5. The number of Topliss-reactive ketones (excluding diaryl/α,β-unsaturated/α-hetero) is 2. The molecule has 200 valence electrons. The second-order valence-corrected chi connectivity index (χ2v) is 11.4. The molecule has 0 aromatic heterocycles. The van der Waals surface area contributed by atoms with Gasteiger partial charge in [0.1, 0.15) is 12.1 Å². The summed E-state index contributed by atoms with van der Waals surface area (Å²) in [5.41, 5.74) is 4.33. The number of nitrogens with two attached hydrogens (primary N) is 1. The molecule has 5 amide bonds. The predicted molar refractivity (Wildman–Crippen MR) is 130 cm³/mol. The molecule has 5 N–H and O–H groups in total. The number of carbonyl (C=O) groups excluding carboxylic acids is 6. The van der Waals surface area contributed by atoms with Gasteiger partial charge in [-0.2, -0.15) is 0 Å². The molecule has 1 heterocycles. The number of urea groups is 1. The molecule has 3 unspecified atom stereocenters. The lowest BCUT2D eigenvalue weighted by Crippen LogP contribution is -2.61. The molecule has 11 nitrogen and oxygen atoms in total. The van der Waals surface area contributed by atoms with Crippen LogP contribution >= 0.6 is 0 Å². The number of ketones is 2. The summed E-state index contributed by atoms with van der Waals surface area (Å²) in [6.07, 6.45) is 5.50. The van der Waals surface area contributed by atoms with E-state index in [0.717, 1.165) is 32.1 Å². The Bertz CT molecular complexity index is 920. The van der Waals surface area contributed by atoms with Gasteiger partial charge in [0.25, 0.3) is 5.91 Å². The molecule has 0 aromatic carbocycles. The molecular formula is C25H39N5O6. The van der Waals surface area contributed by atoms with Gasteiger partial charge >= 0.3 is 6.03 Å². The first-order valence-electron chi connectivity index (χ1n) is 12.9. The van der Waals surface area contributed by atoms with Crippen molar-refractivity contribution < 1.29 is 28.8 Å². The highest BCUT2D eigenvalue weighted by molar-refractivity contribution is 6.37. The summed E-state index contributed by atoms with van der Waals surface area (Å²) in [7, 11) is 0. The predicted octanol–water partition coefficient (Wildman–Crippen LogP) is 0.398. The highest BCUT2D eigenvalue weighted by Crippen LogP contribution is 2.37. The van der Waals surface area contributed by atoms with Gasteiger partial charge in [0.05, 0.1) is 12.1 Å². The molecule has 0 aromatic rings. The molecule has 3 fully saturated rings. The minimum absolute atomic E-state index is 0.0173. The van der Waals surface area contributed by atoms with Crippen LogP contribution in [0.25, 0.3) is 0 Å². The summed E-state index contributed by atoms with van der Waals surface area (Å²) in [6, 6.07) is -4.02. The quantitative estimate of drug-likeness (QED) is 0.313. The SMILES string of the molecule is CC(NC(=O)[C@@H]1CCCN1C(=O)C(NC(=O)NC(C(=O)C1CC1)C1CCC1)C(C)(C)C)C(=O)C(N)=O. The first-order valence-corrected chi connectivity index (χ1v) is 12.9. The minimum Gasteiger partial charge on any atom is -0.363 e. The molecule has 0 radical (unpaired) electrons. The van der Waals surface area contributed by atoms with Crippen LogP contribution in [-0.2, 0) is 24.0 Å². The van der Waals surface area contributed by atoms with Gasteiger partial charge in [0, 0.05) is 12.5 Å². The second-order valence-electron chi connectivity index (χ2n) is 11.4. The molecule has 1 aliphatic heterocycles. The zero-order chi connectivity index (χ0) is 26.8. The lowest BCUT2D eigenvalue weighted by molar-refractivity contribution is -0.143. The van der Waals surface area contributed by atoms with Gasteiger partial charge in [-0.05, 0) is 56.8 Å². The van der Waals surface area contributed by atoms with Gasteiger partial charge in [0.2, 0.25) is 17.6 Å². The van der Waals surface area contributed by atoms with E-state index < -0.39 is 59.1 Å². The van der Waals surface area contributed by atoms with Crippen LogP contribution in [0.4, 0.5) is 4.79 Å². The largest absolute Gasteiger partial charge is 0.363 e. The highest BCUT2D eigenvalue weighted by atomic mass is 16.2. The Morgan fingerprint density at radius 3 is 2.03 bits per heavy atom. The normalized spacial score (nSPS) is 22.6. The van der Waals surface area contributed by atoms with E-state index in [1.165, 1.54) is 11.8 Å². The van der Waals surface area contributed by atoms with E-state index in [2.05, 4.69) is 16.0 Å². The second kappa shape index (κ2) is 11.0. The third-order valence-electron chi connectivity index (χ3n) is 7.42. The molecule has 0 spiro atoms. The molecule has 11 heteroatoms. The molecule has 1 saturated heterocycles. The van der Waals surface area contributed by atoms with Gasteiger partial charge in [-0.15, -0.1) is 0 Å². The Balaban J connectivity index is 1.68. The Labute approximate surface area is 211 Å². The van der Waals surface area contributed by atoms with Crippen molar-refractivity contribution in [1.82, 2.24) is 20.9 Å². The van der Waals surface area contributed by atoms with Crippen LogP contribution in [0.1, 0.15) is 72.6 Å². The minimum atomic E-state index is -1.15. The average molecular weight is 506 g/mol. The van der Waals surface area contributed by atoms with E-state index in [-0.39, 0.29) is 17.6 Å². The number of primary amides is 1. The van der Waals surface area contributed by atoms with Crippen molar-refractivity contribution in [2.45, 2.75) is 96.8 Å². The van der Waals surface area contributed by atoms with Crippen LogP contribution in [0.3, 0.4) is 0 Å². The topological polar surface area (TPSA) is 168 Å². The number of likely N-dealkylation sites (tertiary alicyclic amines) is 1. The van der Waals surface area contributed by atoms with Crippen LogP contribution in [0.2, 0.25) is 0 Å². The summed E-state index contributed by atoms with van der Waals surface area (Å²) < 4.78 is 0.